The highest BCUT2D eigenvalue weighted by Gasteiger charge is 2.36. The molecule has 0 aromatic carbocycles. The average molecular weight is 500 g/mol. The van der Waals surface area contributed by atoms with Crippen molar-refractivity contribution in [1.29, 1.82) is 0 Å². The zero-order chi connectivity index (χ0) is 25.1. The molecular formula is C22H37N5O6S. The smallest absolute Gasteiger partial charge is 0.410 e. The lowest BCUT2D eigenvalue weighted by Gasteiger charge is -2.35. The van der Waals surface area contributed by atoms with Gasteiger partial charge < -0.3 is 19.5 Å². The van der Waals surface area contributed by atoms with Crippen LogP contribution in [0.15, 0.2) is 9.42 Å². The minimum atomic E-state index is -3.76. The van der Waals surface area contributed by atoms with Gasteiger partial charge in [-0.1, -0.05) is 5.16 Å². The molecule has 1 unspecified atom stereocenters. The van der Waals surface area contributed by atoms with Gasteiger partial charge in [0.15, 0.2) is 5.76 Å². The van der Waals surface area contributed by atoms with E-state index in [1.807, 2.05) is 20.8 Å². The number of piperazine rings is 1. The maximum absolute atomic E-state index is 13.1. The molecule has 1 N–H and O–H groups in total. The highest BCUT2D eigenvalue weighted by molar-refractivity contribution is 7.89. The molecule has 0 radical (unpaired) electrons. The molecule has 0 aliphatic carbocycles. The number of nitrogens with zero attached hydrogens (tertiary/aromatic N) is 4. The van der Waals surface area contributed by atoms with Crippen LogP contribution in [0.3, 0.4) is 0 Å². The molecule has 2 amide bonds. The van der Waals surface area contributed by atoms with E-state index in [-0.39, 0.29) is 29.2 Å². The summed E-state index contributed by atoms with van der Waals surface area (Å²) in [7, 11) is -3.76. The van der Waals surface area contributed by atoms with E-state index >= 15 is 0 Å². The van der Waals surface area contributed by atoms with E-state index in [4.69, 9.17) is 9.26 Å². The first-order valence-electron chi connectivity index (χ1n) is 11.8. The number of piperidine rings is 1. The van der Waals surface area contributed by atoms with Crippen molar-refractivity contribution in [2.75, 3.05) is 52.4 Å². The molecule has 3 rings (SSSR count). The highest BCUT2D eigenvalue weighted by Crippen LogP contribution is 2.27. The summed E-state index contributed by atoms with van der Waals surface area (Å²) in [5.41, 5.74) is -0.185. The van der Waals surface area contributed by atoms with Gasteiger partial charge in [-0.3, -0.25) is 9.69 Å². The minimum Gasteiger partial charge on any atom is -0.444 e. The van der Waals surface area contributed by atoms with E-state index in [1.54, 1.807) is 18.7 Å². The molecule has 2 fully saturated rings. The predicted molar refractivity (Wildman–Crippen MR) is 125 cm³/mol. The largest absolute Gasteiger partial charge is 0.444 e. The second-order valence-corrected chi connectivity index (χ2v) is 11.8. The van der Waals surface area contributed by atoms with Gasteiger partial charge in [0.25, 0.3) is 0 Å². The van der Waals surface area contributed by atoms with Gasteiger partial charge in [0.05, 0.1) is 5.92 Å². The molecular weight excluding hydrogens is 462 g/mol. The molecule has 1 atom stereocenters. The van der Waals surface area contributed by atoms with Crippen LogP contribution in [0.2, 0.25) is 0 Å². The number of carbonyl (C=O) groups excluding carboxylic acids is 2. The fraction of sp³-hybridized carbons (Fsp3) is 0.773. The van der Waals surface area contributed by atoms with E-state index < -0.39 is 21.5 Å². The number of hydrogen-bond donors (Lipinski definition) is 1. The fourth-order valence-electron chi connectivity index (χ4n) is 4.31. The van der Waals surface area contributed by atoms with E-state index in [0.717, 1.165) is 0 Å². The number of carbonyl (C=O) groups is 2. The lowest BCUT2D eigenvalue weighted by molar-refractivity contribution is -0.126. The quantitative estimate of drug-likeness (QED) is 0.622. The molecule has 1 aromatic rings. The SMILES string of the molecule is Cc1noc(C)c1S(=O)(=O)N1CCCC(C(=O)NCCN2CCN(C(=O)OC(C)(C)C)CC2)C1. The van der Waals surface area contributed by atoms with Crippen molar-refractivity contribution in [3.8, 4) is 0 Å². The number of aryl methyl sites for hydroxylation is 2. The summed E-state index contributed by atoms with van der Waals surface area (Å²) in [5.74, 6) is -0.269. The van der Waals surface area contributed by atoms with Crippen molar-refractivity contribution in [3.63, 3.8) is 0 Å². The lowest BCUT2D eigenvalue weighted by Crippen LogP contribution is -2.51. The maximum atomic E-state index is 13.1. The third-order valence-electron chi connectivity index (χ3n) is 6.07. The summed E-state index contributed by atoms with van der Waals surface area (Å²) in [5, 5.41) is 6.71. The van der Waals surface area contributed by atoms with Crippen molar-refractivity contribution in [3.05, 3.63) is 11.5 Å². The normalized spacial score (nSPS) is 20.9. The van der Waals surface area contributed by atoms with E-state index in [2.05, 4.69) is 15.4 Å². The fourth-order valence-corrected chi connectivity index (χ4v) is 6.12. The molecule has 0 spiro atoms. The Morgan fingerprint density at radius 3 is 2.41 bits per heavy atom. The molecule has 12 heteroatoms. The van der Waals surface area contributed by atoms with Crippen LogP contribution < -0.4 is 5.32 Å². The summed E-state index contributed by atoms with van der Waals surface area (Å²) in [4.78, 5) is 28.9. The molecule has 0 bridgehead atoms. The van der Waals surface area contributed by atoms with Crippen molar-refractivity contribution in [2.24, 2.45) is 5.92 Å². The number of nitrogens with one attached hydrogen (secondary N) is 1. The number of sulfonamides is 1. The van der Waals surface area contributed by atoms with Crippen LogP contribution >= 0.6 is 0 Å². The average Bonchev–Trinajstić information content (AvgIpc) is 3.11. The Morgan fingerprint density at radius 1 is 1.15 bits per heavy atom. The topological polar surface area (TPSA) is 125 Å². The summed E-state index contributed by atoms with van der Waals surface area (Å²) in [6, 6.07) is 0. The van der Waals surface area contributed by atoms with Gasteiger partial charge in [-0.15, -0.1) is 0 Å². The first-order chi connectivity index (χ1) is 15.9. The molecule has 0 saturated carbocycles. The van der Waals surface area contributed by atoms with Gasteiger partial charge in [-0.05, 0) is 47.5 Å². The van der Waals surface area contributed by atoms with Gasteiger partial charge >= 0.3 is 6.09 Å². The van der Waals surface area contributed by atoms with Gasteiger partial charge in [0.1, 0.15) is 16.2 Å². The zero-order valence-corrected chi connectivity index (χ0v) is 21.6. The van der Waals surface area contributed by atoms with Gasteiger partial charge in [0.2, 0.25) is 15.9 Å². The number of ether oxygens (including phenoxy) is 1. The van der Waals surface area contributed by atoms with E-state index in [0.29, 0.717) is 64.3 Å². The Balaban J connectivity index is 1.44. The highest BCUT2D eigenvalue weighted by atomic mass is 32.2. The molecule has 11 nitrogen and oxygen atoms in total. The van der Waals surface area contributed by atoms with Crippen LogP contribution in [-0.4, -0.2) is 97.6 Å². The number of aromatic nitrogens is 1. The summed E-state index contributed by atoms with van der Waals surface area (Å²) >= 11 is 0. The van der Waals surface area contributed by atoms with Crippen LogP contribution in [0.25, 0.3) is 0 Å². The summed E-state index contributed by atoms with van der Waals surface area (Å²) < 4.78 is 38.0. The molecule has 2 saturated heterocycles. The Hall–Kier alpha value is -2.18. The van der Waals surface area contributed by atoms with E-state index in [9.17, 15) is 18.0 Å². The summed E-state index contributed by atoms with van der Waals surface area (Å²) in [6.45, 7) is 13.0. The van der Waals surface area contributed by atoms with Crippen molar-refractivity contribution >= 4 is 22.0 Å². The van der Waals surface area contributed by atoms with Crippen LogP contribution in [0.5, 0.6) is 0 Å². The van der Waals surface area contributed by atoms with Gasteiger partial charge in [-0.2, -0.15) is 4.31 Å². The van der Waals surface area contributed by atoms with Crippen LogP contribution in [0, 0.1) is 19.8 Å². The minimum absolute atomic E-state index is 0.0964. The molecule has 2 aliphatic heterocycles. The molecule has 3 heterocycles. The molecule has 2 aliphatic rings. The summed E-state index contributed by atoms with van der Waals surface area (Å²) in [6.07, 6.45) is 0.968. The number of amides is 2. The third kappa shape index (κ3) is 6.48. The molecule has 192 valence electrons. The lowest BCUT2D eigenvalue weighted by atomic mass is 9.99. The van der Waals surface area contributed by atoms with Gasteiger partial charge in [-0.25, -0.2) is 13.2 Å². The van der Waals surface area contributed by atoms with E-state index in [1.165, 1.54) is 4.31 Å². The van der Waals surface area contributed by atoms with Crippen molar-refractivity contribution < 1.29 is 27.3 Å². The van der Waals surface area contributed by atoms with Gasteiger partial charge in [0, 0.05) is 52.4 Å². The predicted octanol–water partition coefficient (Wildman–Crippen LogP) is 1.36. The first-order valence-corrected chi connectivity index (χ1v) is 13.2. The van der Waals surface area contributed by atoms with Crippen LogP contribution in [0.4, 0.5) is 4.79 Å². The molecule has 1 aromatic heterocycles. The number of rotatable bonds is 6. The third-order valence-corrected chi connectivity index (χ3v) is 8.18. The Labute approximate surface area is 201 Å². The second-order valence-electron chi connectivity index (χ2n) is 9.96. The zero-order valence-electron chi connectivity index (χ0n) is 20.8. The molecule has 34 heavy (non-hydrogen) atoms. The Bertz CT molecular complexity index is 959. The van der Waals surface area contributed by atoms with Crippen LogP contribution in [-0.2, 0) is 19.6 Å². The maximum Gasteiger partial charge on any atom is 0.410 e. The second kappa shape index (κ2) is 10.6. The van der Waals surface area contributed by atoms with Crippen LogP contribution in [0.1, 0.15) is 45.1 Å². The van der Waals surface area contributed by atoms with Crippen molar-refractivity contribution in [1.82, 2.24) is 24.6 Å². The van der Waals surface area contributed by atoms with Crippen molar-refractivity contribution in [2.45, 2.75) is 58.0 Å². The Morgan fingerprint density at radius 2 is 1.82 bits per heavy atom. The first kappa shape index (κ1) is 26.4. The monoisotopic (exact) mass is 499 g/mol. The Kier molecular flexibility index (Phi) is 8.25. The number of hydrogen-bond acceptors (Lipinski definition) is 8. The standard InChI is InChI=1S/C22H37N5O6S/c1-16-19(17(2)33-24-16)34(30,31)27-9-6-7-18(15-27)20(28)23-8-10-25-11-13-26(14-12-25)21(29)32-22(3,4)5/h18H,6-15H2,1-5H3,(H,23,28).